The Kier molecular flexibility index (Phi) is 6.64. The third-order valence-corrected chi connectivity index (χ3v) is 4.85. The summed E-state index contributed by atoms with van der Waals surface area (Å²) >= 11 is 0. The van der Waals surface area contributed by atoms with Crippen molar-refractivity contribution in [3.8, 4) is 5.75 Å². The van der Waals surface area contributed by atoms with Crippen molar-refractivity contribution in [1.29, 1.82) is 0 Å². The van der Waals surface area contributed by atoms with Gasteiger partial charge in [0.1, 0.15) is 5.75 Å². The molecule has 1 N–H and O–H groups in total. The molecule has 0 saturated heterocycles. The van der Waals surface area contributed by atoms with Crippen LogP contribution in [0.1, 0.15) is 35.6 Å². The molecule has 1 saturated carbocycles. The highest BCUT2D eigenvalue weighted by atomic mass is 19.4. The van der Waals surface area contributed by atoms with Crippen LogP contribution in [0.4, 0.5) is 13.2 Å². The predicted molar refractivity (Wildman–Crippen MR) is 103 cm³/mol. The van der Waals surface area contributed by atoms with E-state index in [4.69, 9.17) is 9.47 Å². The molecule has 1 atom stereocenters. The summed E-state index contributed by atoms with van der Waals surface area (Å²) in [5.41, 5.74) is 0.267. The van der Waals surface area contributed by atoms with Crippen molar-refractivity contribution in [2.45, 2.75) is 31.5 Å². The smallest absolute Gasteiger partial charge is 0.416 e. The molecule has 1 unspecified atom stereocenters. The maximum atomic E-state index is 12.8. The fourth-order valence-corrected chi connectivity index (χ4v) is 3.15. The number of hydrogen-bond acceptors (Lipinski definition) is 4. The first-order valence-electron chi connectivity index (χ1n) is 9.51. The molecule has 2 aromatic carbocycles. The monoisotopic (exact) mass is 421 g/mol. The van der Waals surface area contributed by atoms with Gasteiger partial charge >= 0.3 is 12.1 Å². The Bertz CT molecular complexity index is 892. The van der Waals surface area contributed by atoms with Crippen molar-refractivity contribution in [3.63, 3.8) is 0 Å². The number of ether oxygens (including phenoxy) is 2. The molecular formula is C22H22F3NO4. The number of benzene rings is 2. The lowest BCUT2D eigenvalue weighted by Crippen LogP contribution is -2.33. The van der Waals surface area contributed by atoms with Crippen molar-refractivity contribution < 1.29 is 32.2 Å². The number of halogens is 3. The maximum Gasteiger partial charge on any atom is 0.416 e. The zero-order valence-corrected chi connectivity index (χ0v) is 16.4. The standard InChI is InChI=1S/C22H22F3NO4/c1-29-18-9-7-16(8-10-18)21(15-5-6-15)26-19(27)13-30-20(28)12-14-3-2-4-17(11-14)22(23,24)25/h2-4,7-11,15,21H,5-6,12-13H2,1H3,(H,26,27). The summed E-state index contributed by atoms with van der Waals surface area (Å²) < 4.78 is 48.4. The van der Waals surface area contributed by atoms with Gasteiger partial charge < -0.3 is 14.8 Å². The molecule has 5 nitrogen and oxygen atoms in total. The number of rotatable bonds is 8. The second-order valence-electron chi connectivity index (χ2n) is 7.19. The van der Waals surface area contributed by atoms with E-state index in [-0.39, 0.29) is 18.0 Å². The summed E-state index contributed by atoms with van der Waals surface area (Å²) in [5.74, 6) is -0.191. The van der Waals surface area contributed by atoms with E-state index in [0.29, 0.717) is 11.7 Å². The molecule has 0 radical (unpaired) electrons. The quantitative estimate of drug-likeness (QED) is 0.653. The fraction of sp³-hybridized carbons (Fsp3) is 0.364. The number of esters is 1. The predicted octanol–water partition coefficient (Wildman–Crippen LogP) is 4.07. The van der Waals surface area contributed by atoms with Gasteiger partial charge in [0.25, 0.3) is 5.91 Å². The van der Waals surface area contributed by atoms with E-state index in [9.17, 15) is 22.8 Å². The van der Waals surface area contributed by atoms with E-state index >= 15 is 0 Å². The van der Waals surface area contributed by atoms with Crippen molar-refractivity contribution in [3.05, 3.63) is 65.2 Å². The lowest BCUT2D eigenvalue weighted by Gasteiger charge is -2.19. The van der Waals surface area contributed by atoms with Crippen LogP contribution in [0.15, 0.2) is 48.5 Å². The van der Waals surface area contributed by atoms with Crippen LogP contribution in [-0.2, 0) is 26.9 Å². The van der Waals surface area contributed by atoms with Crippen LogP contribution >= 0.6 is 0 Å². The van der Waals surface area contributed by atoms with Crippen molar-refractivity contribution in [2.24, 2.45) is 5.92 Å². The van der Waals surface area contributed by atoms with Gasteiger partial charge in [-0.3, -0.25) is 9.59 Å². The van der Waals surface area contributed by atoms with Gasteiger partial charge in [0, 0.05) is 0 Å². The highest BCUT2D eigenvalue weighted by molar-refractivity contribution is 5.81. The summed E-state index contributed by atoms with van der Waals surface area (Å²) in [7, 11) is 1.57. The third-order valence-electron chi connectivity index (χ3n) is 4.85. The zero-order chi connectivity index (χ0) is 21.7. The summed E-state index contributed by atoms with van der Waals surface area (Å²) in [6.07, 6.45) is -2.85. The number of hydrogen-bond donors (Lipinski definition) is 1. The third kappa shape index (κ3) is 5.98. The lowest BCUT2D eigenvalue weighted by atomic mass is 10.0. The fourth-order valence-electron chi connectivity index (χ4n) is 3.15. The lowest BCUT2D eigenvalue weighted by molar-refractivity contribution is -0.148. The van der Waals surface area contributed by atoms with E-state index < -0.39 is 30.2 Å². The van der Waals surface area contributed by atoms with Gasteiger partial charge in [-0.2, -0.15) is 13.2 Å². The van der Waals surface area contributed by atoms with E-state index in [1.54, 1.807) is 7.11 Å². The van der Waals surface area contributed by atoms with E-state index in [1.807, 2.05) is 24.3 Å². The van der Waals surface area contributed by atoms with Crippen molar-refractivity contribution in [2.75, 3.05) is 13.7 Å². The second kappa shape index (κ2) is 9.19. The molecule has 160 valence electrons. The molecule has 0 aliphatic heterocycles. The summed E-state index contributed by atoms with van der Waals surface area (Å²) in [6.45, 7) is -0.489. The Morgan fingerprint density at radius 2 is 1.83 bits per heavy atom. The average molecular weight is 421 g/mol. The van der Waals surface area contributed by atoms with Crippen molar-refractivity contribution in [1.82, 2.24) is 5.32 Å². The molecule has 1 amide bonds. The second-order valence-corrected chi connectivity index (χ2v) is 7.19. The molecule has 0 heterocycles. The largest absolute Gasteiger partial charge is 0.497 e. The number of carbonyl (C=O) groups is 2. The van der Waals surface area contributed by atoms with Gasteiger partial charge in [0.15, 0.2) is 6.61 Å². The normalized spacial score (nSPS) is 14.7. The van der Waals surface area contributed by atoms with Crippen LogP contribution in [0.2, 0.25) is 0 Å². The summed E-state index contributed by atoms with van der Waals surface area (Å²) in [6, 6.07) is 11.6. The number of alkyl halides is 3. The summed E-state index contributed by atoms with van der Waals surface area (Å²) in [4.78, 5) is 24.2. The van der Waals surface area contributed by atoms with Crippen LogP contribution in [0.3, 0.4) is 0 Å². The Balaban J connectivity index is 1.52. The van der Waals surface area contributed by atoms with E-state index in [1.165, 1.54) is 12.1 Å². The Labute approximate surface area is 172 Å². The van der Waals surface area contributed by atoms with Gasteiger partial charge in [0.05, 0.1) is 25.1 Å². The average Bonchev–Trinajstić information content (AvgIpc) is 3.55. The first-order chi connectivity index (χ1) is 14.3. The van der Waals surface area contributed by atoms with Crippen LogP contribution in [0.25, 0.3) is 0 Å². The Morgan fingerprint density at radius 3 is 2.43 bits per heavy atom. The molecule has 2 aromatic rings. The number of carbonyl (C=O) groups excluding carboxylic acids is 2. The minimum atomic E-state index is -4.49. The Hall–Kier alpha value is -3.03. The molecular weight excluding hydrogens is 399 g/mol. The van der Waals surface area contributed by atoms with E-state index in [2.05, 4.69) is 5.32 Å². The van der Waals surface area contributed by atoms with Crippen LogP contribution in [0.5, 0.6) is 5.75 Å². The van der Waals surface area contributed by atoms with Gasteiger partial charge in [0.2, 0.25) is 0 Å². The Morgan fingerprint density at radius 1 is 1.13 bits per heavy atom. The minimum Gasteiger partial charge on any atom is -0.497 e. The maximum absolute atomic E-state index is 12.8. The van der Waals surface area contributed by atoms with Gasteiger partial charge in [-0.1, -0.05) is 30.3 Å². The minimum absolute atomic E-state index is 0.171. The van der Waals surface area contributed by atoms with Crippen molar-refractivity contribution >= 4 is 11.9 Å². The van der Waals surface area contributed by atoms with Gasteiger partial charge in [-0.25, -0.2) is 0 Å². The first kappa shape index (κ1) is 21.7. The zero-order valence-electron chi connectivity index (χ0n) is 16.4. The summed E-state index contributed by atoms with van der Waals surface area (Å²) in [5, 5.41) is 2.88. The molecule has 0 aromatic heterocycles. The molecule has 3 rings (SSSR count). The van der Waals surface area contributed by atoms with Crippen LogP contribution < -0.4 is 10.1 Å². The van der Waals surface area contributed by atoms with Crippen LogP contribution in [-0.4, -0.2) is 25.6 Å². The molecule has 0 bridgehead atoms. The molecule has 1 aliphatic carbocycles. The van der Waals surface area contributed by atoms with Gasteiger partial charge in [-0.05, 0) is 48.1 Å². The number of methoxy groups -OCH3 is 1. The molecule has 0 spiro atoms. The molecule has 30 heavy (non-hydrogen) atoms. The van der Waals surface area contributed by atoms with Crippen LogP contribution in [0, 0.1) is 5.92 Å². The molecule has 1 fully saturated rings. The highest BCUT2D eigenvalue weighted by Crippen LogP contribution is 2.41. The number of amides is 1. The number of nitrogens with one attached hydrogen (secondary N) is 1. The first-order valence-corrected chi connectivity index (χ1v) is 9.51. The SMILES string of the molecule is COc1ccc(C(NC(=O)COC(=O)Cc2cccc(C(F)(F)F)c2)C2CC2)cc1. The van der Waals surface area contributed by atoms with Gasteiger partial charge in [-0.15, -0.1) is 0 Å². The molecule has 1 aliphatic rings. The molecule has 8 heteroatoms. The highest BCUT2D eigenvalue weighted by Gasteiger charge is 2.33. The topological polar surface area (TPSA) is 64.6 Å². The van der Waals surface area contributed by atoms with E-state index in [0.717, 1.165) is 30.5 Å².